The molecule has 1 saturated heterocycles. The van der Waals surface area contributed by atoms with Crippen molar-refractivity contribution >= 4 is 6.09 Å². The van der Waals surface area contributed by atoms with Crippen LogP contribution < -0.4 is 0 Å². The predicted octanol–water partition coefficient (Wildman–Crippen LogP) is 5.98. The van der Waals surface area contributed by atoms with E-state index in [1.54, 1.807) is 4.90 Å². The quantitative estimate of drug-likeness (QED) is 0.531. The van der Waals surface area contributed by atoms with Gasteiger partial charge in [-0.1, -0.05) is 62.7 Å². The van der Waals surface area contributed by atoms with Crippen molar-refractivity contribution in [2.24, 2.45) is 17.8 Å². The topological polar surface area (TPSA) is 68.5 Å². The first-order valence-corrected chi connectivity index (χ1v) is 12.3. The molecule has 1 amide bonds. The number of hydrogen-bond donors (Lipinski definition) is 0. The second-order valence-corrected chi connectivity index (χ2v) is 9.99. The van der Waals surface area contributed by atoms with Gasteiger partial charge in [-0.05, 0) is 61.8 Å². The van der Waals surface area contributed by atoms with Crippen molar-refractivity contribution in [3.05, 3.63) is 47.6 Å². The summed E-state index contributed by atoms with van der Waals surface area (Å²) in [7, 11) is 0. The number of carbonyl (C=O) groups excluding carboxylic acids is 1. The molecule has 0 radical (unpaired) electrons. The van der Waals surface area contributed by atoms with E-state index < -0.39 is 0 Å². The fraction of sp³-hybridized carbons (Fsp3) is 0.654. The second-order valence-electron chi connectivity index (χ2n) is 9.99. The highest BCUT2D eigenvalue weighted by atomic mass is 16.6. The molecule has 0 bridgehead atoms. The summed E-state index contributed by atoms with van der Waals surface area (Å²) >= 11 is 0. The second kappa shape index (κ2) is 10.5. The molecule has 32 heavy (non-hydrogen) atoms. The van der Waals surface area contributed by atoms with Crippen LogP contribution in [-0.4, -0.2) is 33.8 Å². The third-order valence-corrected chi connectivity index (χ3v) is 7.18. The molecule has 174 valence electrons. The first kappa shape index (κ1) is 22.8. The largest absolute Gasteiger partial charge is 0.446 e. The Labute approximate surface area is 191 Å². The average molecular weight is 440 g/mol. The van der Waals surface area contributed by atoms with Gasteiger partial charge in [0.15, 0.2) is 5.82 Å². The minimum Gasteiger partial charge on any atom is -0.446 e. The molecule has 0 unspecified atom stereocenters. The standard InChI is InChI=1S/C26H37N3O3/c1-18(2)21-15-14-19(3)17-23(21)31-26(30)29-16-8-12-22(29)25-27-24(28-32-25)13-7-11-20-9-5-4-6-10-20/h4-6,9-10,18-19,21-23H,7-8,11-17H2,1-3H3/t19-,21+,22+,23-/m1/s1. The highest BCUT2D eigenvalue weighted by Gasteiger charge is 2.39. The fourth-order valence-corrected chi connectivity index (χ4v) is 5.29. The van der Waals surface area contributed by atoms with Crippen LogP contribution in [0.1, 0.15) is 82.6 Å². The Kier molecular flexibility index (Phi) is 7.48. The summed E-state index contributed by atoms with van der Waals surface area (Å²) in [5.74, 6) is 2.83. The van der Waals surface area contributed by atoms with Gasteiger partial charge >= 0.3 is 6.09 Å². The number of aromatic nitrogens is 2. The summed E-state index contributed by atoms with van der Waals surface area (Å²) < 4.78 is 11.7. The number of hydrogen-bond acceptors (Lipinski definition) is 5. The van der Waals surface area contributed by atoms with Gasteiger partial charge in [0.1, 0.15) is 12.1 Å². The Balaban J connectivity index is 1.34. The maximum absolute atomic E-state index is 13.1. The highest BCUT2D eigenvalue weighted by Crippen LogP contribution is 2.37. The van der Waals surface area contributed by atoms with E-state index in [9.17, 15) is 4.79 Å². The fourth-order valence-electron chi connectivity index (χ4n) is 5.29. The van der Waals surface area contributed by atoms with Gasteiger partial charge in [0.2, 0.25) is 5.89 Å². The lowest BCUT2D eigenvalue weighted by atomic mass is 9.75. The van der Waals surface area contributed by atoms with E-state index in [1.165, 1.54) is 12.0 Å². The van der Waals surface area contributed by atoms with E-state index in [0.29, 0.717) is 30.2 Å². The third-order valence-electron chi connectivity index (χ3n) is 7.18. The van der Waals surface area contributed by atoms with Crippen molar-refractivity contribution in [2.45, 2.75) is 84.3 Å². The number of carbonyl (C=O) groups is 1. The lowest BCUT2D eigenvalue weighted by Crippen LogP contribution is -2.40. The van der Waals surface area contributed by atoms with Gasteiger partial charge in [-0.15, -0.1) is 0 Å². The van der Waals surface area contributed by atoms with Crippen molar-refractivity contribution < 1.29 is 14.1 Å². The molecule has 1 aliphatic carbocycles. The lowest BCUT2D eigenvalue weighted by Gasteiger charge is -2.37. The molecule has 2 heterocycles. The minimum absolute atomic E-state index is 0.00346. The number of ether oxygens (including phenoxy) is 1. The number of benzene rings is 1. The zero-order valence-corrected chi connectivity index (χ0v) is 19.7. The summed E-state index contributed by atoms with van der Waals surface area (Å²) in [6, 6.07) is 10.3. The molecule has 4 rings (SSSR count). The van der Waals surface area contributed by atoms with Crippen LogP contribution in [0, 0.1) is 17.8 Å². The van der Waals surface area contributed by atoms with Gasteiger partial charge in [-0.2, -0.15) is 4.98 Å². The third kappa shape index (κ3) is 5.51. The Hall–Kier alpha value is -2.37. The molecule has 0 spiro atoms. The molecule has 6 nitrogen and oxygen atoms in total. The van der Waals surface area contributed by atoms with E-state index in [2.05, 4.69) is 55.2 Å². The molecule has 6 heteroatoms. The molecular weight excluding hydrogens is 402 g/mol. The van der Waals surface area contributed by atoms with Crippen LogP contribution in [0.2, 0.25) is 0 Å². The van der Waals surface area contributed by atoms with Crippen LogP contribution in [-0.2, 0) is 17.6 Å². The smallest absolute Gasteiger partial charge is 0.410 e. The molecule has 4 atom stereocenters. The van der Waals surface area contributed by atoms with Gasteiger partial charge in [-0.25, -0.2) is 4.79 Å². The first-order valence-electron chi connectivity index (χ1n) is 12.3. The molecule has 2 aliphatic rings. The lowest BCUT2D eigenvalue weighted by molar-refractivity contribution is -0.0131. The number of amides is 1. The highest BCUT2D eigenvalue weighted by molar-refractivity contribution is 5.68. The van der Waals surface area contributed by atoms with Crippen molar-refractivity contribution in [1.29, 1.82) is 0 Å². The van der Waals surface area contributed by atoms with Crippen molar-refractivity contribution in [3.63, 3.8) is 0 Å². The molecule has 2 aromatic rings. The zero-order chi connectivity index (χ0) is 22.5. The molecular formula is C26H37N3O3. The van der Waals surface area contributed by atoms with Crippen molar-refractivity contribution in [2.75, 3.05) is 6.54 Å². The Morgan fingerprint density at radius 2 is 2.00 bits per heavy atom. The Morgan fingerprint density at radius 1 is 1.19 bits per heavy atom. The van der Waals surface area contributed by atoms with Gasteiger partial charge in [-0.3, -0.25) is 4.90 Å². The van der Waals surface area contributed by atoms with Crippen LogP contribution in [0.15, 0.2) is 34.9 Å². The molecule has 2 fully saturated rings. The molecule has 1 saturated carbocycles. The zero-order valence-electron chi connectivity index (χ0n) is 19.7. The number of nitrogens with zero attached hydrogens (tertiary/aromatic N) is 3. The Morgan fingerprint density at radius 3 is 2.78 bits per heavy atom. The molecule has 1 aromatic heterocycles. The summed E-state index contributed by atoms with van der Waals surface area (Å²) in [4.78, 5) is 19.6. The molecule has 0 N–H and O–H groups in total. The van der Waals surface area contributed by atoms with E-state index in [-0.39, 0.29) is 18.2 Å². The number of likely N-dealkylation sites (tertiary alicyclic amines) is 1. The van der Waals surface area contributed by atoms with E-state index in [1.807, 2.05) is 6.07 Å². The first-order chi connectivity index (χ1) is 15.5. The number of rotatable bonds is 7. The minimum atomic E-state index is -0.221. The maximum atomic E-state index is 13.1. The number of aryl methyl sites for hydroxylation is 2. The van der Waals surface area contributed by atoms with Gasteiger partial charge in [0.05, 0.1) is 0 Å². The normalized spacial score (nSPS) is 25.9. The van der Waals surface area contributed by atoms with Crippen LogP contribution in [0.4, 0.5) is 4.79 Å². The summed E-state index contributed by atoms with van der Waals surface area (Å²) in [6.07, 6.45) is 7.60. The molecule has 1 aromatic carbocycles. The monoisotopic (exact) mass is 439 g/mol. The predicted molar refractivity (Wildman–Crippen MR) is 123 cm³/mol. The van der Waals surface area contributed by atoms with Crippen molar-refractivity contribution in [3.8, 4) is 0 Å². The summed E-state index contributed by atoms with van der Waals surface area (Å²) in [5, 5.41) is 4.18. The van der Waals surface area contributed by atoms with Crippen LogP contribution in [0.25, 0.3) is 0 Å². The van der Waals surface area contributed by atoms with Gasteiger partial charge < -0.3 is 9.26 Å². The van der Waals surface area contributed by atoms with E-state index >= 15 is 0 Å². The summed E-state index contributed by atoms with van der Waals surface area (Å²) in [5.41, 5.74) is 1.32. The van der Waals surface area contributed by atoms with Crippen molar-refractivity contribution in [1.82, 2.24) is 15.0 Å². The summed E-state index contributed by atoms with van der Waals surface area (Å²) in [6.45, 7) is 7.41. The van der Waals surface area contributed by atoms with Gasteiger partial charge in [0.25, 0.3) is 0 Å². The van der Waals surface area contributed by atoms with E-state index in [0.717, 1.165) is 50.8 Å². The van der Waals surface area contributed by atoms with Gasteiger partial charge in [0, 0.05) is 13.0 Å². The van der Waals surface area contributed by atoms with E-state index in [4.69, 9.17) is 9.26 Å². The van der Waals surface area contributed by atoms with Crippen LogP contribution >= 0.6 is 0 Å². The Bertz CT molecular complexity index is 866. The molecule has 1 aliphatic heterocycles. The van der Waals surface area contributed by atoms with Crippen LogP contribution in [0.5, 0.6) is 0 Å². The van der Waals surface area contributed by atoms with Crippen LogP contribution in [0.3, 0.4) is 0 Å². The average Bonchev–Trinajstić information content (AvgIpc) is 3.44. The SMILES string of the molecule is CC(C)[C@@H]1CC[C@@H](C)C[C@H]1OC(=O)N1CCC[C@H]1c1nc(CCCc2ccccc2)no1. The maximum Gasteiger partial charge on any atom is 0.410 e.